The second-order valence-electron chi connectivity index (χ2n) is 7.94. The Morgan fingerprint density at radius 3 is 2.64 bits per heavy atom. The number of aromatic nitrogens is 2. The molecule has 2 aromatic heterocycles. The third-order valence-corrected chi connectivity index (χ3v) is 6.29. The number of aryl methyl sites for hydroxylation is 1. The van der Waals surface area contributed by atoms with Crippen molar-refractivity contribution in [3.05, 3.63) is 33.4 Å². The average Bonchev–Trinajstić information content (AvgIpc) is 3.28. The molecule has 3 fully saturated rings. The Bertz CT molecular complexity index is 1050. The van der Waals surface area contributed by atoms with Crippen molar-refractivity contribution in [2.24, 2.45) is 0 Å². The van der Waals surface area contributed by atoms with Gasteiger partial charge in [0.2, 0.25) is 5.43 Å². The van der Waals surface area contributed by atoms with E-state index in [2.05, 4.69) is 17.2 Å². The molecule has 4 heterocycles. The maximum atomic E-state index is 15.3. The zero-order chi connectivity index (χ0) is 19.0. The molecule has 7 nitrogen and oxygen atoms in total. The molecule has 2 N–H and O–H groups in total. The number of rotatable bonds is 3. The molecular weight excluding hydrogens is 387 g/mol. The van der Waals surface area contributed by atoms with E-state index in [1.807, 2.05) is 4.90 Å². The molecule has 3 atom stereocenters. The fourth-order valence-corrected chi connectivity index (χ4v) is 4.68. The molecule has 2 bridgehead atoms. The van der Waals surface area contributed by atoms with Gasteiger partial charge in [-0.15, -0.1) is 12.4 Å². The third kappa shape index (κ3) is 2.54. The van der Waals surface area contributed by atoms with Crippen molar-refractivity contribution < 1.29 is 14.3 Å². The highest BCUT2D eigenvalue weighted by Crippen LogP contribution is 2.40. The number of halogens is 2. The van der Waals surface area contributed by atoms with Crippen LogP contribution in [0.2, 0.25) is 0 Å². The Balaban J connectivity index is 0.00000192. The number of piperazine rings is 1. The van der Waals surface area contributed by atoms with E-state index in [9.17, 15) is 14.7 Å². The minimum absolute atomic E-state index is 0. The maximum Gasteiger partial charge on any atom is 0.341 e. The molecule has 0 aromatic carbocycles. The van der Waals surface area contributed by atoms with E-state index in [1.54, 1.807) is 11.5 Å². The molecule has 3 aliphatic rings. The van der Waals surface area contributed by atoms with Gasteiger partial charge in [0.05, 0.1) is 5.39 Å². The number of nitrogens with zero attached hydrogens (tertiary/aromatic N) is 3. The highest BCUT2D eigenvalue weighted by molar-refractivity contribution is 5.93. The highest BCUT2D eigenvalue weighted by atomic mass is 35.5. The largest absolute Gasteiger partial charge is 0.477 e. The van der Waals surface area contributed by atoms with Crippen molar-refractivity contribution in [3.63, 3.8) is 0 Å². The van der Waals surface area contributed by atoms with E-state index < -0.39 is 17.2 Å². The Morgan fingerprint density at radius 1 is 1.36 bits per heavy atom. The zero-order valence-corrected chi connectivity index (χ0v) is 16.4. The van der Waals surface area contributed by atoms with Gasteiger partial charge in [-0.3, -0.25) is 4.79 Å². The highest BCUT2D eigenvalue weighted by Gasteiger charge is 2.45. The number of carbonyl (C=O) groups is 1. The second-order valence-corrected chi connectivity index (χ2v) is 7.94. The number of hydrogen-bond acceptors (Lipinski definition) is 5. The van der Waals surface area contributed by atoms with Gasteiger partial charge in [-0.25, -0.2) is 14.2 Å². The first-order chi connectivity index (χ1) is 12.9. The van der Waals surface area contributed by atoms with Gasteiger partial charge in [0.25, 0.3) is 0 Å². The van der Waals surface area contributed by atoms with Gasteiger partial charge in [-0.05, 0) is 33.1 Å². The van der Waals surface area contributed by atoms with Crippen molar-refractivity contribution in [2.45, 2.75) is 57.3 Å². The first-order valence-corrected chi connectivity index (χ1v) is 9.38. The normalized spacial score (nSPS) is 26.0. The summed E-state index contributed by atoms with van der Waals surface area (Å²) in [5.74, 6) is -1.54. The van der Waals surface area contributed by atoms with Gasteiger partial charge >= 0.3 is 5.97 Å². The molecule has 2 aromatic rings. The number of pyridine rings is 2. The summed E-state index contributed by atoms with van der Waals surface area (Å²) in [6, 6.07) is 0.725. The van der Waals surface area contributed by atoms with Crippen LogP contribution in [0.1, 0.15) is 48.1 Å². The van der Waals surface area contributed by atoms with Crippen LogP contribution in [0.4, 0.5) is 10.2 Å². The van der Waals surface area contributed by atoms with Crippen molar-refractivity contribution >= 4 is 35.2 Å². The molecule has 2 aliphatic heterocycles. The number of hydrogen-bond donors (Lipinski definition) is 2. The van der Waals surface area contributed by atoms with Gasteiger partial charge in [-0.1, -0.05) is 0 Å². The molecule has 0 unspecified atom stereocenters. The number of fused-ring (bicyclic) bond motifs is 3. The van der Waals surface area contributed by atoms with E-state index in [0.717, 1.165) is 25.8 Å². The van der Waals surface area contributed by atoms with E-state index >= 15 is 4.39 Å². The zero-order valence-electron chi connectivity index (χ0n) is 15.6. The lowest BCUT2D eigenvalue weighted by atomic mass is 10.1. The van der Waals surface area contributed by atoms with Crippen LogP contribution in [0.5, 0.6) is 0 Å². The number of nitrogens with one attached hydrogen (secondary N) is 1. The molecule has 1 saturated carbocycles. The van der Waals surface area contributed by atoms with Crippen LogP contribution < -0.4 is 15.6 Å². The minimum atomic E-state index is -1.29. The van der Waals surface area contributed by atoms with Crippen molar-refractivity contribution in [1.82, 2.24) is 14.9 Å². The molecule has 0 spiro atoms. The predicted octanol–water partition coefficient (Wildman–Crippen LogP) is 2.24. The third-order valence-electron chi connectivity index (χ3n) is 6.29. The van der Waals surface area contributed by atoms with Gasteiger partial charge in [0.1, 0.15) is 11.2 Å². The van der Waals surface area contributed by atoms with Crippen LogP contribution in [-0.4, -0.2) is 45.3 Å². The van der Waals surface area contributed by atoms with Gasteiger partial charge in [-0.2, -0.15) is 0 Å². The van der Waals surface area contributed by atoms with E-state index in [0.29, 0.717) is 11.7 Å². The van der Waals surface area contributed by atoms with E-state index in [1.165, 1.54) is 6.20 Å². The molecule has 9 heteroatoms. The fraction of sp³-hybridized carbons (Fsp3) is 0.526. The van der Waals surface area contributed by atoms with Crippen LogP contribution in [-0.2, 0) is 0 Å². The Hall–Kier alpha value is -2.19. The molecule has 28 heavy (non-hydrogen) atoms. The number of anilines is 1. The van der Waals surface area contributed by atoms with Crippen LogP contribution in [0, 0.1) is 12.7 Å². The Labute approximate surface area is 167 Å². The molecule has 150 valence electrons. The summed E-state index contributed by atoms with van der Waals surface area (Å²) >= 11 is 0. The summed E-state index contributed by atoms with van der Waals surface area (Å²) in [7, 11) is 0. The quantitative estimate of drug-likeness (QED) is 0.809. The summed E-state index contributed by atoms with van der Waals surface area (Å²) < 4.78 is 17.1. The average molecular weight is 409 g/mol. The lowest BCUT2D eigenvalue weighted by Gasteiger charge is -2.35. The van der Waals surface area contributed by atoms with Crippen molar-refractivity contribution in [2.75, 3.05) is 11.4 Å². The maximum absolute atomic E-state index is 15.3. The molecule has 5 rings (SSSR count). The summed E-state index contributed by atoms with van der Waals surface area (Å²) in [4.78, 5) is 30.9. The van der Waals surface area contributed by atoms with Crippen molar-refractivity contribution in [1.29, 1.82) is 0 Å². The van der Waals surface area contributed by atoms with Gasteiger partial charge in [0, 0.05) is 42.5 Å². The lowest BCUT2D eigenvalue weighted by Crippen LogP contribution is -2.50. The molecule has 0 amide bonds. The number of carboxylic acids is 1. The monoisotopic (exact) mass is 408 g/mol. The van der Waals surface area contributed by atoms with Crippen LogP contribution in [0.15, 0.2) is 11.0 Å². The summed E-state index contributed by atoms with van der Waals surface area (Å²) in [6.45, 7) is 4.39. The van der Waals surface area contributed by atoms with Crippen LogP contribution >= 0.6 is 12.4 Å². The standard InChI is InChI=1S/C19H21FN4O3.ClH/c1-8-14-16(25)12(19(26)27)7-23(10-3-4-10)17(14)22-18(15(8)20)24-9(2)13-5-11(24)6-21-13;/h7,9-11,13,21H,3-6H2,1-2H3,(H,26,27);1H/t9-,11+,13+;/m0./s1. The summed E-state index contributed by atoms with van der Waals surface area (Å²) in [5, 5.41) is 12.9. The smallest absolute Gasteiger partial charge is 0.341 e. The molecule has 0 radical (unpaired) electrons. The molecular formula is C19H22ClFN4O3. The Kier molecular flexibility index (Phi) is 4.39. The Morgan fingerprint density at radius 2 is 2.07 bits per heavy atom. The fourth-order valence-electron chi connectivity index (χ4n) is 4.68. The summed E-state index contributed by atoms with van der Waals surface area (Å²) in [6.07, 6.45) is 4.13. The van der Waals surface area contributed by atoms with E-state index in [4.69, 9.17) is 0 Å². The van der Waals surface area contributed by atoms with Crippen molar-refractivity contribution in [3.8, 4) is 0 Å². The predicted molar refractivity (Wildman–Crippen MR) is 105 cm³/mol. The van der Waals surface area contributed by atoms with E-state index in [-0.39, 0.29) is 52.9 Å². The molecule has 1 aliphatic carbocycles. The minimum Gasteiger partial charge on any atom is -0.477 e. The number of carboxylic acid groups (broad SMARTS) is 1. The topological polar surface area (TPSA) is 87.5 Å². The van der Waals surface area contributed by atoms with Crippen LogP contribution in [0.3, 0.4) is 0 Å². The first-order valence-electron chi connectivity index (χ1n) is 9.38. The number of aromatic carboxylic acids is 1. The first kappa shape index (κ1) is 19.1. The SMILES string of the molecule is Cc1c(F)c(N2[C@H]3CN[C@H](C3)[C@@H]2C)nc2c1c(=O)c(C(=O)O)cn2C1CC1.Cl. The van der Waals surface area contributed by atoms with Crippen LogP contribution in [0.25, 0.3) is 11.0 Å². The second kappa shape index (κ2) is 6.42. The van der Waals surface area contributed by atoms with Gasteiger partial charge in [0.15, 0.2) is 11.6 Å². The van der Waals surface area contributed by atoms with Gasteiger partial charge < -0.3 is 19.9 Å². The summed E-state index contributed by atoms with van der Waals surface area (Å²) in [5.41, 5.74) is -0.420. The lowest BCUT2D eigenvalue weighted by molar-refractivity contribution is 0.0695. The molecule has 2 saturated heterocycles.